The number of aliphatic hydroxyl groups excluding tert-OH is 1. The van der Waals surface area contributed by atoms with Crippen molar-refractivity contribution in [1.29, 1.82) is 0 Å². The topological polar surface area (TPSA) is 79.2 Å². The highest BCUT2D eigenvalue weighted by molar-refractivity contribution is 5.94. The van der Waals surface area contributed by atoms with Crippen molar-refractivity contribution in [3.8, 4) is 11.5 Å². The number of benzene rings is 2. The Morgan fingerprint density at radius 1 is 1.10 bits per heavy atom. The maximum Gasteiger partial charge on any atom is 0.253 e. The Morgan fingerprint density at radius 3 is 2.62 bits per heavy atom. The van der Waals surface area contributed by atoms with Crippen LogP contribution in [0.15, 0.2) is 42.5 Å². The fourth-order valence-electron chi connectivity index (χ4n) is 8.48. The van der Waals surface area contributed by atoms with Crippen LogP contribution in [-0.4, -0.2) is 66.7 Å². The van der Waals surface area contributed by atoms with E-state index in [9.17, 15) is 15.0 Å². The van der Waals surface area contributed by atoms with Crippen LogP contribution in [0.3, 0.4) is 0 Å². The number of hydrogen-bond acceptors (Lipinski definition) is 5. The zero-order valence-corrected chi connectivity index (χ0v) is 25.4. The highest BCUT2D eigenvalue weighted by Gasteiger charge is 2.59. The maximum atomic E-state index is 16.0. The van der Waals surface area contributed by atoms with Gasteiger partial charge in [-0.2, -0.15) is 0 Å². The van der Waals surface area contributed by atoms with Crippen LogP contribution in [0.4, 0.5) is 4.39 Å². The van der Waals surface area contributed by atoms with Crippen LogP contribution < -0.4 is 4.74 Å². The van der Waals surface area contributed by atoms with E-state index in [1.54, 1.807) is 13.2 Å². The quantitative estimate of drug-likeness (QED) is 0.279. The van der Waals surface area contributed by atoms with Gasteiger partial charge >= 0.3 is 0 Å². The molecule has 6 nitrogen and oxygen atoms in total. The number of carbonyl (C=O) groups excluding carboxylic acids is 1. The molecule has 7 heteroatoms. The third-order valence-electron chi connectivity index (χ3n) is 10.5. The lowest BCUT2D eigenvalue weighted by Gasteiger charge is -2.54. The van der Waals surface area contributed by atoms with Crippen LogP contribution in [-0.2, 0) is 11.2 Å². The minimum Gasteiger partial charge on any atom is -0.508 e. The molecule has 0 unspecified atom stereocenters. The van der Waals surface area contributed by atoms with Gasteiger partial charge in [0, 0.05) is 31.7 Å². The Hall–Kier alpha value is -2.64. The second-order valence-electron chi connectivity index (χ2n) is 13.0. The summed E-state index contributed by atoms with van der Waals surface area (Å²) in [6, 6.07) is 12.8. The number of aliphatic hydroxyl groups is 1. The molecule has 0 aromatic heterocycles. The molecule has 3 aliphatic rings. The molecule has 7 atom stereocenters. The van der Waals surface area contributed by atoms with Crippen molar-refractivity contribution in [2.45, 2.75) is 83.4 Å². The van der Waals surface area contributed by atoms with Crippen molar-refractivity contribution in [3.63, 3.8) is 0 Å². The molecular weight excluding hydrogens is 533 g/mol. The molecule has 2 N–H and O–H groups in total. The summed E-state index contributed by atoms with van der Waals surface area (Å²) in [6.45, 7) is 6.30. The molecule has 0 spiro atoms. The third-order valence-corrected chi connectivity index (χ3v) is 10.5. The van der Waals surface area contributed by atoms with E-state index in [1.165, 1.54) is 0 Å². The summed E-state index contributed by atoms with van der Waals surface area (Å²) in [7, 11) is 1.65. The summed E-state index contributed by atoms with van der Waals surface area (Å²) < 4.78 is 26.8. The second-order valence-corrected chi connectivity index (χ2v) is 13.0. The van der Waals surface area contributed by atoms with Crippen molar-refractivity contribution in [3.05, 3.63) is 59.2 Å². The van der Waals surface area contributed by atoms with Crippen LogP contribution in [0.2, 0.25) is 0 Å². The lowest BCUT2D eigenvalue weighted by molar-refractivity contribution is -0.0722. The average molecular weight is 582 g/mol. The molecular formula is C35H48FNO5. The fraction of sp³-hybridized carbons (Fsp3) is 0.629. The molecule has 230 valence electrons. The van der Waals surface area contributed by atoms with Gasteiger partial charge in [0.15, 0.2) is 0 Å². The maximum absolute atomic E-state index is 16.0. The molecule has 2 saturated carbocycles. The SMILES string of the molecule is CCOc1ccc(C(=O)N(CCCCC[C@@H]2Cc3cc(O)ccc3[C@@H]3[C@@H]2[C@@H]2CC[C@H](O)[C@@]2(C)C[C@@H]3F)CCOC)cc1. The lowest BCUT2D eigenvalue weighted by Crippen LogP contribution is -2.51. The number of carbonyl (C=O) groups is 1. The predicted octanol–water partition coefficient (Wildman–Crippen LogP) is 6.53. The van der Waals surface area contributed by atoms with E-state index in [1.807, 2.05) is 48.2 Å². The molecule has 3 aliphatic carbocycles. The molecule has 5 rings (SSSR count). The van der Waals surface area contributed by atoms with E-state index in [-0.39, 0.29) is 28.9 Å². The van der Waals surface area contributed by atoms with Gasteiger partial charge in [0.25, 0.3) is 5.91 Å². The first-order chi connectivity index (χ1) is 20.3. The van der Waals surface area contributed by atoms with Crippen molar-refractivity contribution in [1.82, 2.24) is 4.90 Å². The fourth-order valence-corrected chi connectivity index (χ4v) is 8.48. The van der Waals surface area contributed by atoms with Gasteiger partial charge in [-0.1, -0.05) is 25.8 Å². The summed E-state index contributed by atoms with van der Waals surface area (Å²) in [4.78, 5) is 15.1. The molecule has 2 aromatic carbocycles. The first-order valence-electron chi connectivity index (χ1n) is 15.9. The third kappa shape index (κ3) is 6.19. The van der Waals surface area contributed by atoms with Crippen LogP contribution in [0.5, 0.6) is 11.5 Å². The van der Waals surface area contributed by atoms with Crippen LogP contribution >= 0.6 is 0 Å². The Bertz CT molecular complexity index is 1200. The summed E-state index contributed by atoms with van der Waals surface area (Å²) in [5.74, 6) is 1.65. The molecule has 0 saturated heterocycles. The van der Waals surface area contributed by atoms with E-state index in [0.29, 0.717) is 50.1 Å². The Morgan fingerprint density at radius 2 is 1.88 bits per heavy atom. The van der Waals surface area contributed by atoms with Gasteiger partial charge < -0.3 is 24.6 Å². The summed E-state index contributed by atoms with van der Waals surface area (Å²) in [6.07, 6.45) is 5.39. The Labute approximate surface area is 250 Å². The largest absolute Gasteiger partial charge is 0.508 e. The average Bonchev–Trinajstić information content (AvgIpc) is 3.27. The number of phenolic OH excluding ortho intramolecular Hbond substituents is 1. The Kier molecular flexibility index (Phi) is 9.78. The minimum absolute atomic E-state index is 0.00287. The Balaban J connectivity index is 1.23. The monoisotopic (exact) mass is 581 g/mol. The van der Waals surface area contributed by atoms with E-state index < -0.39 is 12.3 Å². The number of alkyl halides is 1. The van der Waals surface area contributed by atoms with Crippen LogP contribution in [0, 0.1) is 23.2 Å². The van der Waals surface area contributed by atoms with Crippen LogP contribution in [0.25, 0.3) is 0 Å². The van der Waals surface area contributed by atoms with Gasteiger partial charge in [0.2, 0.25) is 0 Å². The molecule has 1 amide bonds. The number of halogens is 1. The zero-order chi connectivity index (χ0) is 29.9. The van der Waals surface area contributed by atoms with Gasteiger partial charge in [-0.05, 0) is 116 Å². The molecule has 0 bridgehead atoms. The van der Waals surface area contributed by atoms with E-state index in [0.717, 1.165) is 61.8 Å². The number of rotatable bonds is 12. The number of aromatic hydroxyl groups is 1. The van der Waals surface area contributed by atoms with Gasteiger partial charge in [-0.25, -0.2) is 4.39 Å². The summed E-state index contributed by atoms with van der Waals surface area (Å²) >= 11 is 0. The van der Waals surface area contributed by atoms with Crippen LogP contribution in [0.1, 0.15) is 86.2 Å². The minimum atomic E-state index is -0.988. The highest BCUT2D eigenvalue weighted by atomic mass is 19.1. The molecule has 42 heavy (non-hydrogen) atoms. The van der Waals surface area contributed by atoms with E-state index in [4.69, 9.17) is 9.47 Å². The van der Waals surface area contributed by atoms with Crippen molar-refractivity contribution >= 4 is 5.91 Å². The number of nitrogens with zero attached hydrogens (tertiary/aromatic N) is 1. The molecule has 0 heterocycles. The lowest BCUT2D eigenvalue weighted by atomic mass is 9.51. The first kappa shape index (κ1) is 30.8. The van der Waals surface area contributed by atoms with Gasteiger partial charge in [-0.3, -0.25) is 4.79 Å². The van der Waals surface area contributed by atoms with E-state index in [2.05, 4.69) is 6.92 Å². The van der Waals surface area contributed by atoms with Crippen molar-refractivity contribution < 1.29 is 28.9 Å². The zero-order valence-electron chi connectivity index (χ0n) is 25.4. The number of phenols is 1. The molecule has 0 aliphatic heterocycles. The van der Waals surface area contributed by atoms with Gasteiger partial charge in [0.1, 0.15) is 17.7 Å². The number of hydrogen-bond donors (Lipinski definition) is 2. The molecule has 0 radical (unpaired) electrons. The normalized spacial score (nSPS) is 29.8. The van der Waals surface area contributed by atoms with E-state index >= 15 is 4.39 Å². The first-order valence-corrected chi connectivity index (χ1v) is 15.9. The number of unbranched alkanes of at least 4 members (excludes halogenated alkanes) is 2. The number of fused-ring (bicyclic) bond motifs is 5. The standard InChI is InChI=1S/C35H48FNO5/c1-4-42-27-12-9-23(10-13-27)34(40)37(18-19-41-3)17-7-5-6-8-24-20-25-21-26(38)11-14-28(25)33-30(36)22-35(2)29(32(24)33)15-16-31(35)39/h9-14,21,24,29-33,38-39H,4-8,15-20,22H2,1-3H3/t24-,29+,30+,31+,32+,33+,35+/m1/s1. The highest BCUT2D eigenvalue weighted by Crippen LogP contribution is 2.63. The second kappa shape index (κ2) is 13.3. The number of amides is 1. The van der Waals surface area contributed by atoms with Crippen molar-refractivity contribution in [2.24, 2.45) is 23.2 Å². The predicted molar refractivity (Wildman–Crippen MR) is 162 cm³/mol. The number of methoxy groups -OCH3 is 1. The molecule has 2 aromatic rings. The smallest absolute Gasteiger partial charge is 0.253 e. The van der Waals surface area contributed by atoms with Gasteiger partial charge in [-0.15, -0.1) is 0 Å². The van der Waals surface area contributed by atoms with Gasteiger partial charge in [0.05, 0.1) is 19.3 Å². The molecule has 2 fully saturated rings. The summed E-state index contributed by atoms with van der Waals surface area (Å²) in [5, 5.41) is 21.1. The van der Waals surface area contributed by atoms with Crippen molar-refractivity contribution in [2.75, 3.05) is 33.4 Å². The summed E-state index contributed by atoms with van der Waals surface area (Å²) in [5.41, 5.74) is 2.42. The number of ether oxygens (including phenoxy) is 2.